The van der Waals surface area contributed by atoms with Gasteiger partial charge in [-0.15, -0.1) is 12.4 Å². The molecule has 2 rings (SSSR count). The van der Waals surface area contributed by atoms with Crippen molar-refractivity contribution in [2.24, 2.45) is 0 Å². The number of nitrogens with zero attached hydrogens (tertiary/aromatic N) is 1. The second kappa shape index (κ2) is 6.45. The topological polar surface area (TPSA) is 40.5 Å². The van der Waals surface area contributed by atoms with Crippen molar-refractivity contribution in [2.45, 2.75) is 31.6 Å². The summed E-state index contributed by atoms with van der Waals surface area (Å²) in [5.41, 5.74) is -0.209. The third-order valence-corrected chi connectivity index (χ3v) is 3.29. The number of carbonyl (C=O) groups is 1. The van der Waals surface area contributed by atoms with Gasteiger partial charge in [0.1, 0.15) is 6.04 Å². The molecule has 3 nitrogen and oxygen atoms in total. The minimum atomic E-state index is -4.37. The molecule has 0 radical (unpaired) electrons. The lowest BCUT2D eigenvalue weighted by molar-refractivity contribution is -0.142. The summed E-state index contributed by atoms with van der Waals surface area (Å²) < 4.78 is 37.7. The molecule has 1 fully saturated rings. The summed E-state index contributed by atoms with van der Waals surface area (Å²) in [6.45, 7) is 0.841. The van der Waals surface area contributed by atoms with Gasteiger partial charge in [-0.05, 0) is 31.0 Å². The van der Waals surface area contributed by atoms with Gasteiger partial charge in [-0.25, -0.2) is 0 Å². The number of alkyl halides is 3. The van der Waals surface area contributed by atoms with E-state index >= 15 is 0 Å². The fraction of sp³-hybridized carbons (Fsp3) is 0.462. The lowest BCUT2D eigenvalue weighted by atomic mass is 10.1. The van der Waals surface area contributed by atoms with E-state index in [9.17, 15) is 18.0 Å². The second-order valence-corrected chi connectivity index (χ2v) is 4.66. The summed E-state index contributed by atoms with van der Waals surface area (Å²) in [6.07, 6.45) is -3.06. The molecule has 1 aromatic carbocycles. The van der Waals surface area contributed by atoms with Gasteiger partial charge in [0.2, 0.25) is 0 Å². The predicted octanol–water partition coefficient (Wildman–Crippen LogP) is 3.18. The quantitative estimate of drug-likeness (QED) is 0.932. The van der Waals surface area contributed by atoms with Crippen LogP contribution in [-0.4, -0.2) is 28.6 Å². The highest BCUT2D eigenvalue weighted by Gasteiger charge is 2.32. The Hall–Kier alpha value is -1.27. The fourth-order valence-electron chi connectivity index (χ4n) is 2.38. The van der Waals surface area contributed by atoms with Crippen LogP contribution in [-0.2, 0) is 17.5 Å². The van der Waals surface area contributed by atoms with E-state index in [1.165, 1.54) is 6.07 Å². The molecule has 1 heterocycles. The van der Waals surface area contributed by atoms with Gasteiger partial charge in [0.15, 0.2) is 0 Å². The fourth-order valence-corrected chi connectivity index (χ4v) is 2.38. The van der Waals surface area contributed by atoms with Crippen LogP contribution in [0.5, 0.6) is 0 Å². The second-order valence-electron chi connectivity index (χ2n) is 4.66. The molecule has 1 saturated heterocycles. The molecule has 1 N–H and O–H groups in total. The molecule has 7 heteroatoms. The van der Waals surface area contributed by atoms with Gasteiger partial charge in [0, 0.05) is 6.54 Å². The molecule has 0 aliphatic carbocycles. The van der Waals surface area contributed by atoms with Gasteiger partial charge in [-0.2, -0.15) is 13.2 Å². The summed E-state index contributed by atoms with van der Waals surface area (Å²) in [4.78, 5) is 12.7. The van der Waals surface area contributed by atoms with E-state index in [0.717, 1.165) is 18.6 Å². The molecule has 0 bridgehead atoms. The molecule has 1 atom stereocenters. The van der Waals surface area contributed by atoms with Crippen LogP contribution >= 0.6 is 12.4 Å². The highest BCUT2D eigenvalue weighted by Crippen LogP contribution is 2.30. The van der Waals surface area contributed by atoms with Crippen molar-refractivity contribution in [2.75, 3.05) is 6.54 Å². The smallest absolute Gasteiger partial charge is 0.416 e. The van der Waals surface area contributed by atoms with Crippen molar-refractivity contribution in [3.8, 4) is 0 Å². The van der Waals surface area contributed by atoms with Crippen molar-refractivity contribution in [3.05, 3.63) is 35.4 Å². The summed E-state index contributed by atoms with van der Waals surface area (Å²) >= 11 is 0. The summed E-state index contributed by atoms with van der Waals surface area (Å²) in [6, 6.07) is 4.45. The van der Waals surface area contributed by atoms with Gasteiger partial charge >= 0.3 is 12.1 Å². The molecule has 0 aromatic heterocycles. The first kappa shape index (κ1) is 16.8. The van der Waals surface area contributed by atoms with Gasteiger partial charge in [-0.3, -0.25) is 9.69 Å². The number of aliphatic carboxylic acids is 1. The number of carboxylic acids is 1. The lowest BCUT2D eigenvalue weighted by Gasteiger charge is -2.21. The Kier molecular flexibility index (Phi) is 5.42. The van der Waals surface area contributed by atoms with Crippen LogP contribution in [0.4, 0.5) is 13.2 Å². The van der Waals surface area contributed by atoms with Crippen LogP contribution in [0.25, 0.3) is 0 Å². The first-order valence-electron chi connectivity index (χ1n) is 6.01. The monoisotopic (exact) mass is 309 g/mol. The number of hydrogen-bond acceptors (Lipinski definition) is 2. The summed E-state index contributed by atoms with van der Waals surface area (Å²) in [7, 11) is 0. The number of rotatable bonds is 3. The van der Waals surface area contributed by atoms with E-state index in [0.29, 0.717) is 18.5 Å². The Labute approximate surface area is 120 Å². The number of hydrogen-bond donors (Lipinski definition) is 1. The highest BCUT2D eigenvalue weighted by molar-refractivity contribution is 5.85. The van der Waals surface area contributed by atoms with Crippen LogP contribution in [0.3, 0.4) is 0 Å². The Morgan fingerprint density at radius 3 is 2.70 bits per heavy atom. The molecule has 0 spiro atoms. The third kappa shape index (κ3) is 3.86. The number of likely N-dealkylation sites (tertiary alicyclic amines) is 1. The van der Waals surface area contributed by atoms with Crippen LogP contribution in [0, 0.1) is 0 Å². The maximum absolute atomic E-state index is 12.6. The third-order valence-electron chi connectivity index (χ3n) is 3.29. The average Bonchev–Trinajstić information content (AvgIpc) is 2.76. The van der Waals surface area contributed by atoms with Crippen molar-refractivity contribution in [1.82, 2.24) is 4.90 Å². The number of carboxylic acid groups (broad SMARTS) is 1. The zero-order valence-corrected chi connectivity index (χ0v) is 11.4. The molecule has 20 heavy (non-hydrogen) atoms. The molecule has 1 aromatic rings. The van der Waals surface area contributed by atoms with E-state index in [1.54, 1.807) is 11.0 Å². The standard InChI is InChI=1S/C13H14F3NO2.ClH/c14-13(15,16)10-4-1-3-9(7-10)8-17-6-2-5-11(17)12(18)19;/h1,3-4,7,11H,2,5-6,8H2,(H,18,19);1H/t11-;/m1./s1. The van der Waals surface area contributed by atoms with Crippen molar-refractivity contribution in [1.29, 1.82) is 0 Å². The van der Waals surface area contributed by atoms with Crippen LogP contribution in [0.2, 0.25) is 0 Å². The number of benzene rings is 1. The molecule has 112 valence electrons. The van der Waals surface area contributed by atoms with E-state index in [2.05, 4.69) is 0 Å². The molecular weight excluding hydrogens is 295 g/mol. The van der Waals surface area contributed by atoms with E-state index < -0.39 is 23.8 Å². The Bertz CT molecular complexity index is 479. The maximum atomic E-state index is 12.6. The van der Waals surface area contributed by atoms with E-state index in [4.69, 9.17) is 5.11 Å². The van der Waals surface area contributed by atoms with Crippen molar-refractivity contribution in [3.63, 3.8) is 0 Å². The van der Waals surface area contributed by atoms with Crippen molar-refractivity contribution >= 4 is 18.4 Å². The first-order valence-corrected chi connectivity index (χ1v) is 6.01. The van der Waals surface area contributed by atoms with Crippen LogP contribution < -0.4 is 0 Å². The van der Waals surface area contributed by atoms with Crippen LogP contribution in [0.1, 0.15) is 24.0 Å². The van der Waals surface area contributed by atoms with E-state index in [-0.39, 0.29) is 19.0 Å². The minimum Gasteiger partial charge on any atom is -0.480 e. The van der Waals surface area contributed by atoms with Gasteiger partial charge < -0.3 is 5.11 Å². The van der Waals surface area contributed by atoms with Gasteiger partial charge in [0.05, 0.1) is 5.56 Å². The minimum absolute atomic E-state index is 0. The molecule has 1 aliphatic rings. The molecule has 0 saturated carbocycles. The predicted molar refractivity (Wildman–Crippen MR) is 69.8 cm³/mol. The van der Waals surface area contributed by atoms with Crippen LogP contribution in [0.15, 0.2) is 24.3 Å². The lowest BCUT2D eigenvalue weighted by Crippen LogP contribution is -2.35. The molecule has 1 aliphatic heterocycles. The SMILES string of the molecule is Cl.O=C(O)[C@H]1CCCN1Cc1cccc(C(F)(F)F)c1. The Balaban J connectivity index is 0.00000200. The number of halogens is 4. The maximum Gasteiger partial charge on any atom is 0.416 e. The largest absolute Gasteiger partial charge is 0.480 e. The van der Waals surface area contributed by atoms with Gasteiger partial charge in [-0.1, -0.05) is 18.2 Å². The molecule has 0 amide bonds. The first-order chi connectivity index (χ1) is 8.88. The summed E-state index contributed by atoms with van der Waals surface area (Å²) in [5, 5.41) is 9.02. The average molecular weight is 310 g/mol. The van der Waals surface area contributed by atoms with Gasteiger partial charge in [0.25, 0.3) is 0 Å². The Morgan fingerprint density at radius 1 is 1.40 bits per heavy atom. The van der Waals surface area contributed by atoms with Crippen molar-refractivity contribution < 1.29 is 23.1 Å². The zero-order valence-electron chi connectivity index (χ0n) is 10.6. The molecular formula is C13H15ClF3NO2. The summed E-state index contributed by atoms with van der Waals surface area (Å²) in [5.74, 6) is -0.913. The molecule has 0 unspecified atom stereocenters. The zero-order chi connectivity index (χ0) is 14.0. The highest BCUT2D eigenvalue weighted by atomic mass is 35.5. The van der Waals surface area contributed by atoms with E-state index in [1.807, 2.05) is 0 Å². The Morgan fingerprint density at radius 2 is 2.10 bits per heavy atom. The normalized spacial score (nSPS) is 19.6.